The zero-order valence-electron chi connectivity index (χ0n) is 18.5. The quantitative estimate of drug-likeness (QED) is 0.572. The zero-order chi connectivity index (χ0) is 21.8. The molecule has 1 N–H and O–H groups in total. The second-order valence-corrected chi connectivity index (χ2v) is 10.3. The number of hydrogen-bond donors (Lipinski definition) is 1. The fourth-order valence-electron chi connectivity index (χ4n) is 7.21. The van der Waals surface area contributed by atoms with E-state index in [-0.39, 0.29) is 23.2 Å². The molecule has 0 aromatic heterocycles. The third kappa shape index (κ3) is 3.29. The van der Waals surface area contributed by atoms with E-state index in [2.05, 4.69) is 18.1 Å². The minimum atomic E-state index is -0.123. The molecule has 6 heteroatoms. The number of fused-ring (bicyclic) bond motifs is 5. The van der Waals surface area contributed by atoms with Crippen molar-refractivity contribution in [1.82, 2.24) is 4.90 Å². The van der Waals surface area contributed by atoms with Gasteiger partial charge in [0.1, 0.15) is 5.82 Å². The van der Waals surface area contributed by atoms with Crippen LogP contribution in [0.25, 0.3) is 0 Å². The second-order valence-electron chi connectivity index (χ2n) is 10.3. The maximum atomic E-state index is 14.4. The largest absolute Gasteiger partial charge is 0.411 e. The normalized spacial score (nSPS) is 35.8. The van der Waals surface area contributed by atoms with E-state index >= 15 is 0 Å². The maximum absolute atomic E-state index is 14.4. The summed E-state index contributed by atoms with van der Waals surface area (Å²) in [5.41, 5.74) is 2.87. The summed E-state index contributed by atoms with van der Waals surface area (Å²) >= 11 is 0. The Morgan fingerprint density at radius 3 is 2.87 bits per heavy atom. The van der Waals surface area contributed by atoms with Gasteiger partial charge in [-0.1, -0.05) is 24.2 Å². The Labute approximate surface area is 183 Å². The van der Waals surface area contributed by atoms with Crippen LogP contribution in [0.4, 0.5) is 4.39 Å². The monoisotopic (exact) mass is 428 g/mol. The van der Waals surface area contributed by atoms with Crippen molar-refractivity contribution in [2.24, 2.45) is 28.3 Å². The smallest absolute Gasteiger partial charge is 0.222 e. The first-order valence-corrected chi connectivity index (χ1v) is 11.8. The summed E-state index contributed by atoms with van der Waals surface area (Å²) in [6.07, 6.45) is 5.81. The molecule has 3 aliphatic carbocycles. The van der Waals surface area contributed by atoms with Crippen LogP contribution in [0.15, 0.2) is 23.4 Å². The molecule has 1 aliphatic heterocycles. The van der Waals surface area contributed by atoms with Gasteiger partial charge >= 0.3 is 0 Å². The molecular formula is C25H33FN2O3. The number of amides is 1. The van der Waals surface area contributed by atoms with E-state index in [0.29, 0.717) is 43.3 Å². The van der Waals surface area contributed by atoms with Crippen molar-refractivity contribution in [1.29, 1.82) is 0 Å². The van der Waals surface area contributed by atoms with Gasteiger partial charge in [-0.05, 0) is 79.4 Å². The first kappa shape index (κ1) is 20.9. The van der Waals surface area contributed by atoms with Gasteiger partial charge in [-0.2, -0.15) is 0 Å². The average Bonchev–Trinajstić information content (AvgIpc) is 3.02. The van der Waals surface area contributed by atoms with Crippen LogP contribution >= 0.6 is 0 Å². The van der Waals surface area contributed by atoms with Crippen LogP contribution in [-0.2, 0) is 16.0 Å². The van der Waals surface area contributed by atoms with E-state index in [1.807, 2.05) is 18.0 Å². The van der Waals surface area contributed by atoms with Gasteiger partial charge in [0.05, 0.1) is 25.0 Å². The molecule has 1 saturated heterocycles. The molecule has 1 amide bonds. The summed E-state index contributed by atoms with van der Waals surface area (Å²) in [5.74, 6) is 1.62. The van der Waals surface area contributed by atoms with Crippen molar-refractivity contribution in [3.05, 3.63) is 35.1 Å². The molecule has 0 spiro atoms. The molecule has 5 nitrogen and oxygen atoms in total. The molecule has 3 unspecified atom stereocenters. The summed E-state index contributed by atoms with van der Waals surface area (Å²) < 4.78 is 19.7. The highest BCUT2D eigenvalue weighted by atomic mass is 19.1. The molecule has 4 aliphatic rings. The number of benzene rings is 1. The molecule has 1 aromatic rings. The number of nitrogens with zero attached hydrogens (tertiary/aromatic N) is 2. The van der Waals surface area contributed by atoms with Crippen LogP contribution in [0.1, 0.15) is 62.5 Å². The van der Waals surface area contributed by atoms with Crippen LogP contribution in [0.2, 0.25) is 0 Å². The lowest BCUT2D eigenvalue weighted by atomic mass is 9.54. The lowest BCUT2D eigenvalue weighted by Gasteiger charge is -2.50. The topological polar surface area (TPSA) is 62.1 Å². The predicted octanol–water partition coefficient (Wildman–Crippen LogP) is 4.38. The maximum Gasteiger partial charge on any atom is 0.222 e. The highest BCUT2D eigenvalue weighted by Gasteiger charge is 2.57. The molecule has 2 saturated carbocycles. The van der Waals surface area contributed by atoms with Gasteiger partial charge in [0.2, 0.25) is 5.91 Å². The first-order chi connectivity index (χ1) is 14.9. The number of ether oxygens (including phenoxy) is 1. The molecule has 5 atom stereocenters. The number of halogens is 1. The predicted molar refractivity (Wildman–Crippen MR) is 116 cm³/mol. The molecule has 0 bridgehead atoms. The van der Waals surface area contributed by atoms with Gasteiger partial charge in [-0.3, -0.25) is 4.79 Å². The van der Waals surface area contributed by atoms with E-state index in [1.165, 1.54) is 5.56 Å². The average molecular weight is 429 g/mol. The summed E-state index contributed by atoms with van der Waals surface area (Å²) in [6.45, 7) is 3.52. The van der Waals surface area contributed by atoms with Crippen LogP contribution in [-0.4, -0.2) is 48.0 Å². The van der Waals surface area contributed by atoms with E-state index < -0.39 is 0 Å². The Kier molecular flexibility index (Phi) is 5.32. The second kappa shape index (κ2) is 7.88. The minimum absolute atomic E-state index is 0.0709. The van der Waals surface area contributed by atoms with Crippen LogP contribution in [0.5, 0.6) is 0 Å². The van der Waals surface area contributed by atoms with Crippen molar-refractivity contribution in [2.75, 3.05) is 20.3 Å². The molecule has 3 fully saturated rings. The summed E-state index contributed by atoms with van der Waals surface area (Å²) in [5, 5.41) is 13.6. The van der Waals surface area contributed by atoms with Crippen molar-refractivity contribution < 1.29 is 19.1 Å². The number of oxime groups is 1. The SMILES string of the molecule is CN(C(=O)CC[C@@H]1C/C(=N\O)[C@@]2(C)CCC3c4cccc(F)c4CCC3C12)C1COC1. The minimum Gasteiger partial charge on any atom is -0.411 e. The third-order valence-corrected chi connectivity index (χ3v) is 9.00. The Bertz CT molecular complexity index is 899. The van der Waals surface area contributed by atoms with Gasteiger partial charge in [0.15, 0.2) is 0 Å². The Balaban J connectivity index is 1.38. The van der Waals surface area contributed by atoms with Crippen molar-refractivity contribution in [3.8, 4) is 0 Å². The number of rotatable bonds is 4. The number of carbonyl (C=O) groups is 1. The standard InChI is InChI=1S/C25H33FN2O3/c1-25-11-10-18-17-4-3-5-21(26)19(17)7-8-20(18)24(25)15(12-22(25)27-30)6-9-23(29)28(2)16-13-31-14-16/h3-5,15-16,18,20,24,30H,6-14H2,1-2H3/b27-22+/t15-,18?,20?,24?,25-/m1/s1. The molecule has 5 rings (SSSR count). The highest BCUT2D eigenvalue weighted by Crippen LogP contribution is 2.62. The van der Waals surface area contributed by atoms with E-state index in [9.17, 15) is 14.4 Å². The fraction of sp³-hybridized carbons (Fsp3) is 0.680. The van der Waals surface area contributed by atoms with Gasteiger partial charge in [-0.25, -0.2) is 4.39 Å². The van der Waals surface area contributed by atoms with E-state index in [4.69, 9.17) is 4.74 Å². The number of hydrogen-bond acceptors (Lipinski definition) is 4. The molecular weight excluding hydrogens is 395 g/mol. The van der Waals surface area contributed by atoms with Gasteiger partial charge < -0.3 is 14.8 Å². The Hall–Kier alpha value is -1.95. The molecule has 1 heterocycles. The third-order valence-electron chi connectivity index (χ3n) is 9.00. The van der Waals surface area contributed by atoms with Gasteiger partial charge in [0.25, 0.3) is 0 Å². The molecule has 0 radical (unpaired) electrons. The van der Waals surface area contributed by atoms with Crippen molar-refractivity contribution in [2.45, 2.75) is 63.8 Å². The fourth-order valence-corrected chi connectivity index (χ4v) is 7.21. The zero-order valence-corrected chi connectivity index (χ0v) is 18.5. The summed E-state index contributed by atoms with van der Waals surface area (Å²) in [4.78, 5) is 14.6. The van der Waals surface area contributed by atoms with Crippen LogP contribution in [0, 0.1) is 29.0 Å². The number of likely N-dealkylation sites (N-methyl/N-ethyl adjacent to an activating group) is 1. The summed E-state index contributed by atoms with van der Waals surface area (Å²) in [7, 11) is 1.87. The molecule has 1 aromatic carbocycles. The van der Waals surface area contributed by atoms with Gasteiger partial charge in [0, 0.05) is 18.9 Å². The first-order valence-electron chi connectivity index (χ1n) is 11.8. The van der Waals surface area contributed by atoms with Crippen LogP contribution < -0.4 is 0 Å². The summed E-state index contributed by atoms with van der Waals surface area (Å²) in [6, 6.07) is 5.74. The van der Waals surface area contributed by atoms with Gasteiger partial charge in [-0.15, -0.1) is 0 Å². The van der Waals surface area contributed by atoms with Crippen molar-refractivity contribution >= 4 is 11.6 Å². The number of carbonyl (C=O) groups excluding carboxylic acids is 1. The van der Waals surface area contributed by atoms with Crippen LogP contribution in [0.3, 0.4) is 0 Å². The molecule has 31 heavy (non-hydrogen) atoms. The molecule has 168 valence electrons. The van der Waals surface area contributed by atoms with E-state index in [0.717, 1.165) is 49.8 Å². The lowest BCUT2D eigenvalue weighted by Crippen LogP contribution is -2.49. The lowest BCUT2D eigenvalue weighted by molar-refractivity contribution is -0.142. The Morgan fingerprint density at radius 2 is 2.16 bits per heavy atom. The van der Waals surface area contributed by atoms with Crippen molar-refractivity contribution in [3.63, 3.8) is 0 Å². The van der Waals surface area contributed by atoms with E-state index in [1.54, 1.807) is 6.07 Å². The Morgan fingerprint density at radius 1 is 1.35 bits per heavy atom. The highest BCUT2D eigenvalue weighted by molar-refractivity contribution is 5.92.